The Labute approximate surface area is 221 Å². The van der Waals surface area contributed by atoms with Gasteiger partial charge in [0.25, 0.3) is 11.1 Å². The average Bonchev–Trinajstić information content (AvgIpc) is 3.10. The van der Waals surface area contributed by atoms with Gasteiger partial charge in [0.05, 0.1) is 24.0 Å². The van der Waals surface area contributed by atoms with Crippen LogP contribution in [0.5, 0.6) is 11.5 Å². The summed E-state index contributed by atoms with van der Waals surface area (Å²) in [5.41, 5.74) is 0.229. The Morgan fingerprint density at radius 1 is 1.08 bits per heavy atom. The van der Waals surface area contributed by atoms with E-state index in [-0.39, 0.29) is 28.8 Å². The SMILES string of the molecule is COc1cc(/C=C2\SC(=O)N(CC(=O)OCC(C)C)C2=O)ccc1OC(=O)C12CC3CC(CC(C3)C1)C2. The lowest BCUT2D eigenvalue weighted by Crippen LogP contribution is -2.51. The molecule has 0 N–H and O–H groups in total. The van der Waals surface area contributed by atoms with Crippen LogP contribution in [0, 0.1) is 29.1 Å². The van der Waals surface area contributed by atoms with E-state index in [1.807, 2.05) is 13.8 Å². The highest BCUT2D eigenvalue weighted by atomic mass is 32.2. The quantitative estimate of drug-likeness (QED) is 0.263. The minimum Gasteiger partial charge on any atom is -0.493 e. The van der Waals surface area contributed by atoms with Crippen molar-refractivity contribution >= 4 is 40.9 Å². The molecule has 8 nitrogen and oxygen atoms in total. The lowest BCUT2D eigenvalue weighted by atomic mass is 9.49. The standard InChI is InChI=1S/C28H33NO7S/c1-16(2)15-35-24(30)14-29-25(31)23(37-27(29)33)10-17-4-5-21(22(9-17)34-3)36-26(32)28-11-18-6-19(12-28)8-20(7-18)13-28/h4-5,9-10,16,18-20H,6-8,11-15H2,1-3H3/b23-10-. The first-order valence-electron chi connectivity index (χ1n) is 13.0. The molecule has 9 heteroatoms. The zero-order valence-corrected chi connectivity index (χ0v) is 22.3. The van der Waals surface area contributed by atoms with Gasteiger partial charge in [0.15, 0.2) is 11.5 Å². The number of ether oxygens (including phenoxy) is 3. The maximum absolute atomic E-state index is 13.4. The number of carbonyl (C=O) groups is 4. The summed E-state index contributed by atoms with van der Waals surface area (Å²) < 4.78 is 16.5. The number of methoxy groups -OCH3 is 1. The van der Waals surface area contributed by atoms with Crippen molar-refractivity contribution in [2.24, 2.45) is 29.1 Å². The summed E-state index contributed by atoms with van der Waals surface area (Å²) in [5.74, 6) is 1.45. The summed E-state index contributed by atoms with van der Waals surface area (Å²) in [6, 6.07) is 5.06. The Morgan fingerprint density at radius 2 is 1.73 bits per heavy atom. The number of imide groups is 1. The van der Waals surface area contributed by atoms with Crippen LogP contribution in [-0.2, 0) is 19.1 Å². The molecule has 198 valence electrons. The third kappa shape index (κ3) is 5.28. The molecule has 4 bridgehead atoms. The first kappa shape index (κ1) is 25.8. The molecule has 1 saturated heterocycles. The molecule has 4 saturated carbocycles. The van der Waals surface area contributed by atoms with Gasteiger partial charge in [-0.2, -0.15) is 0 Å². The summed E-state index contributed by atoms with van der Waals surface area (Å²) in [6.07, 6.45) is 8.05. The second kappa shape index (κ2) is 10.2. The van der Waals surface area contributed by atoms with Crippen LogP contribution >= 0.6 is 11.8 Å². The van der Waals surface area contributed by atoms with E-state index in [1.54, 1.807) is 24.3 Å². The van der Waals surface area contributed by atoms with E-state index in [1.165, 1.54) is 26.4 Å². The largest absolute Gasteiger partial charge is 0.493 e. The van der Waals surface area contributed by atoms with Crippen LogP contribution in [0.3, 0.4) is 0 Å². The zero-order chi connectivity index (χ0) is 26.3. The van der Waals surface area contributed by atoms with Crippen LogP contribution in [0.25, 0.3) is 6.08 Å². The minimum absolute atomic E-state index is 0.156. The maximum Gasteiger partial charge on any atom is 0.326 e. The molecule has 0 aromatic heterocycles. The smallest absolute Gasteiger partial charge is 0.326 e. The van der Waals surface area contributed by atoms with Crippen molar-refractivity contribution < 1.29 is 33.4 Å². The average molecular weight is 528 g/mol. The third-order valence-corrected chi connectivity index (χ3v) is 8.81. The lowest BCUT2D eigenvalue weighted by molar-refractivity contribution is -0.161. The van der Waals surface area contributed by atoms with Crippen LogP contribution in [0.15, 0.2) is 23.1 Å². The summed E-state index contributed by atoms with van der Waals surface area (Å²) >= 11 is 0.768. The normalized spacial score (nSPS) is 29.4. The van der Waals surface area contributed by atoms with Gasteiger partial charge in [-0.3, -0.25) is 24.1 Å². The van der Waals surface area contributed by atoms with E-state index in [2.05, 4.69) is 0 Å². The van der Waals surface area contributed by atoms with Gasteiger partial charge in [-0.15, -0.1) is 0 Å². The first-order valence-corrected chi connectivity index (χ1v) is 13.8. The fraction of sp³-hybridized carbons (Fsp3) is 0.571. The molecule has 1 heterocycles. The topological polar surface area (TPSA) is 99.2 Å². The van der Waals surface area contributed by atoms with Crippen molar-refractivity contribution in [3.8, 4) is 11.5 Å². The molecule has 1 aromatic carbocycles. The molecule has 2 amide bonds. The fourth-order valence-electron chi connectivity index (χ4n) is 6.65. The summed E-state index contributed by atoms with van der Waals surface area (Å²) in [6.45, 7) is 3.61. The van der Waals surface area contributed by atoms with Gasteiger partial charge in [0, 0.05) is 0 Å². The van der Waals surface area contributed by atoms with Crippen LogP contribution in [0.1, 0.15) is 57.9 Å². The first-order chi connectivity index (χ1) is 17.7. The summed E-state index contributed by atoms with van der Waals surface area (Å²) in [5, 5.41) is -0.522. The number of carbonyl (C=O) groups excluding carboxylic acids is 4. The molecular formula is C28H33NO7S. The van der Waals surface area contributed by atoms with Gasteiger partial charge >= 0.3 is 11.9 Å². The van der Waals surface area contributed by atoms with Crippen LogP contribution < -0.4 is 9.47 Å². The number of benzene rings is 1. The molecule has 0 radical (unpaired) electrons. The molecule has 5 fully saturated rings. The number of thioether (sulfide) groups is 1. The molecule has 37 heavy (non-hydrogen) atoms. The van der Waals surface area contributed by atoms with E-state index in [4.69, 9.17) is 14.2 Å². The van der Waals surface area contributed by atoms with Crippen molar-refractivity contribution in [2.45, 2.75) is 52.4 Å². The third-order valence-electron chi connectivity index (χ3n) is 7.90. The van der Waals surface area contributed by atoms with Gasteiger partial charge in [-0.25, -0.2) is 0 Å². The van der Waals surface area contributed by atoms with E-state index >= 15 is 0 Å². The molecule has 4 aliphatic carbocycles. The molecular weight excluding hydrogens is 494 g/mol. The van der Waals surface area contributed by atoms with E-state index < -0.39 is 23.7 Å². The Bertz CT molecular complexity index is 1120. The number of rotatable bonds is 8. The Balaban J connectivity index is 1.27. The van der Waals surface area contributed by atoms with Crippen LogP contribution in [0.4, 0.5) is 4.79 Å². The van der Waals surface area contributed by atoms with E-state index in [0.717, 1.165) is 35.9 Å². The lowest BCUT2D eigenvalue weighted by Gasteiger charge is -2.55. The molecule has 1 aliphatic heterocycles. The second-order valence-corrected chi connectivity index (χ2v) is 12.3. The number of esters is 2. The van der Waals surface area contributed by atoms with Gasteiger partial charge in [0.1, 0.15) is 6.54 Å². The summed E-state index contributed by atoms with van der Waals surface area (Å²) in [7, 11) is 1.50. The zero-order valence-electron chi connectivity index (χ0n) is 21.5. The molecule has 0 atom stereocenters. The van der Waals surface area contributed by atoms with Crippen molar-refractivity contribution in [3.05, 3.63) is 28.7 Å². The maximum atomic E-state index is 13.4. The highest BCUT2D eigenvalue weighted by Crippen LogP contribution is 2.60. The number of hydrogen-bond donors (Lipinski definition) is 0. The van der Waals surface area contributed by atoms with Crippen LogP contribution in [0.2, 0.25) is 0 Å². The number of amides is 2. The minimum atomic E-state index is -0.621. The fourth-order valence-corrected chi connectivity index (χ4v) is 7.49. The molecule has 0 unspecified atom stereocenters. The highest BCUT2D eigenvalue weighted by Gasteiger charge is 2.55. The second-order valence-electron chi connectivity index (χ2n) is 11.3. The summed E-state index contributed by atoms with van der Waals surface area (Å²) in [4.78, 5) is 51.6. The van der Waals surface area contributed by atoms with Gasteiger partial charge < -0.3 is 14.2 Å². The predicted molar refractivity (Wildman–Crippen MR) is 138 cm³/mol. The monoisotopic (exact) mass is 527 g/mol. The number of hydrogen-bond acceptors (Lipinski definition) is 8. The van der Waals surface area contributed by atoms with Crippen molar-refractivity contribution in [1.82, 2.24) is 4.90 Å². The van der Waals surface area contributed by atoms with Crippen molar-refractivity contribution in [1.29, 1.82) is 0 Å². The van der Waals surface area contributed by atoms with E-state index in [9.17, 15) is 19.2 Å². The van der Waals surface area contributed by atoms with Crippen LogP contribution in [-0.4, -0.2) is 48.2 Å². The van der Waals surface area contributed by atoms with Gasteiger partial charge in [0.2, 0.25) is 0 Å². The van der Waals surface area contributed by atoms with Crippen molar-refractivity contribution in [3.63, 3.8) is 0 Å². The van der Waals surface area contributed by atoms with Gasteiger partial charge in [-0.1, -0.05) is 19.9 Å². The van der Waals surface area contributed by atoms with E-state index in [0.29, 0.717) is 34.8 Å². The number of nitrogens with zero attached hydrogens (tertiary/aromatic N) is 1. The molecule has 1 aromatic rings. The molecule has 0 spiro atoms. The Kier molecular flexibility index (Phi) is 7.09. The Hall–Kier alpha value is -2.81. The predicted octanol–water partition coefficient (Wildman–Crippen LogP) is 5.05. The van der Waals surface area contributed by atoms with Gasteiger partial charge in [-0.05, 0) is 97.7 Å². The molecule has 6 rings (SSSR count). The molecule has 5 aliphatic rings. The highest BCUT2D eigenvalue weighted by molar-refractivity contribution is 8.18. The Morgan fingerprint density at radius 3 is 2.32 bits per heavy atom. The van der Waals surface area contributed by atoms with Crippen molar-refractivity contribution in [2.75, 3.05) is 20.3 Å².